The number of ether oxygens (including phenoxy) is 1. The van der Waals surface area contributed by atoms with Crippen molar-refractivity contribution in [2.75, 3.05) is 45.6 Å². The molecule has 7 nitrogen and oxygen atoms in total. The van der Waals surface area contributed by atoms with Crippen LogP contribution in [0, 0.1) is 0 Å². The van der Waals surface area contributed by atoms with E-state index < -0.39 is 9.84 Å². The first kappa shape index (κ1) is 20.4. The van der Waals surface area contributed by atoms with Gasteiger partial charge in [0.25, 0.3) is 5.91 Å². The number of hydrogen-bond donors (Lipinski definition) is 0. The lowest BCUT2D eigenvalue weighted by molar-refractivity contribution is 0.0627. The molecular weight excluding hydrogens is 378 g/mol. The Morgan fingerprint density at radius 1 is 1.07 bits per heavy atom. The molecule has 1 aliphatic heterocycles. The van der Waals surface area contributed by atoms with Gasteiger partial charge < -0.3 is 9.64 Å². The summed E-state index contributed by atoms with van der Waals surface area (Å²) >= 11 is 0. The lowest BCUT2D eigenvalue weighted by atomic mass is 10.2. The van der Waals surface area contributed by atoms with E-state index in [0.717, 1.165) is 25.3 Å². The highest BCUT2D eigenvalue weighted by Gasteiger charge is 2.23. The van der Waals surface area contributed by atoms with E-state index in [2.05, 4.69) is 9.88 Å². The van der Waals surface area contributed by atoms with Gasteiger partial charge in [-0.05, 0) is 36.4 Å². The fraction of sp³-hybridized carbons (Fsp3) is 0.400. The maximum atomic E-state index is 12.7. The van der Waals surface area contributed by atoms with Crippen LogP contribution in [0.5, 0.6) is 0 Å². The van der Waals surface area contributed by atoms with Crippen molar-refractivity contribution in [1.29, 1.82) is 0 Å². The number of hydrogen-bond acceptors (Lipinski definition) is 6. The Kier molecular flexibility index (Phi) is 6.77. The second-order valence-electron chi connectivity index (χ2n) is 6.73. The van der Waals surface area contributed by atoms with E-state index >= 15 is 0 Å². The van der Waals surface area contributed by atoms with E-state index in [1.54, 1.807) is 18.3 Å². The summed E-state index contributed by atoms with van der Waals surface area (Å²) < 4.78 is 29.2. The lowest BCUT2D eigenvalue weighted by Crippen LogP contribution is -2.48. The molecular formula is C20H25N3O4S. The number of pyridine rings is 1. The van der Waals surface area contributed by atoms with Gasteiger partial charge in [-0.3, -0.25) is 14.7 Å². The molecule has 0 unspecified atom stereocenters. The Bertz CT molecular complexity index is 877. The Morgan fingerprint density at radius 3 is 2.39 bits per heavy atom. The number of benzene rings is 1. The van der Waals surface area contributed by atoms with Crippen LogP contribution < -0.4 is 0 Å². The minimum absolute atomic E-state index is 0.0710. The zero-order valence-electron chi connectivity index (χ0n) is 16.0. The molecule has 0 atom stereocenters. The summed E-state index contributed by atoms with van der Waals surface area (Å²) in [6, 6.07) is 12.0. The topological polar surface area (TPSA) is 79.8 Å². The molecule has 0 N–H and O–H groups in total. The third kappa shape index (κ3) is 5.15. The highest BCUT2D eigenvalue weighted by Crippen LogP contribution is 2.15. The molecule has 0 radical (unpaired) electrons. The Morgan fingerprint density at radius 2 is 1.79 bits per heavy atom. The van der Waals surface area contributed by atoms with Crippen molar-refractivity contribution in [3.05, 3.63) is 59.9 Å². The first-order chi connectivity index (χ1) is 13.5. The van der Waals surface area contributed by atoms with Crippen LogP contribution in [0.2, 0.25) is 0 Å². The van der Waals surface area contributed by atoms with Crippen molar-refractivity contribution in [1.82, 2.24) is 14.8 Å². The van der Waals surface area contributed by atoms with Gasteiger partial charge in [0.15, 0.2) is 9.84 Å². The summed E-state index contributed by atoms with van der Waals surface area (Å²) in [5, 5.41) is 0. The highest BCUT2D eigenvalue weighted by atomic mass is 32.2. The number of methoxy groups -OCH3 is 1. The molecule has 1 aliphatic rings. The minimum Gasteiger partial charge on any atom is -0.384 e. The van der Waals surface area contributed by atoms with Crippen LogP contribution in [-0.2, 0) is 21.1 Å². The number of sulfone groups is 1. The van der Waals surface area contributed by atoms with Gasteiger partial charge in [-0.25, -0.2) is 8.42 Å². The van der Waals surface area contributed by atoms with Gasteiger partial charge in [0, 0.05) is 51.6 Å². The van der Waals surface area contributed by atoms with E-state index in [4.69, 9.17) is 4.74 Å². The van der Waals surface area contributed by atoms with Crippen LogP contribution >= 0.6 is 0 Å². The van der Waals surface area contributed by atoms with E-state index in [0.29, 0.717) is 18.7 Å². The van der Waals surface area contributed by atoms with Gasteiger partial charge in [-0.2, -0.15) is 0 Å². The Hall–Kier alpha value is -2.29. The third-order valence-corrected chi connectivity index (χ3v) is 6.48. The molecule has 0 bridgehead atoms. The molecule has 0 spiro atoms. The highest BCUT2D eigenvalue weighted by molar-refractivity contribution is 7.91. The summed E-state index contributed by atoms with van der Waals surface area (Å²) in [7, 11) is -1.92. The normalized spacial score (nSPS) is 15.5. The Balaban J connectivity index is 1.56. The standard InChI is InChI=1S/C20H25N3O4S/c1-27-14-15-28(25,26)19-7-5-17(6-8-19)20(24)23-12-10-22(11-13-23)16-18-4-2-3-9-21-18/h2-9H,10-16H2,1H3. The molecule has 1 amide bonds. The zero-order chi connectivity index (χ0) is 20.0. The molecule has 1 fully saturated rings. The number of aromatic nitrogens is 1. The van der Waals surface area contributed by atoms with Gasteiger partial charge in [-0.1, -0.05) is 6.07 Å². The molecule has 8 heteroatoms. The molecule has 2 aromatic rings. The van der Waals surface area contributed by atoms with Crippen molar-refractivity contribution >= 4 is 15.7 Å². The van der Waals surface area contributed by atoms with Crippen molar-refractivity contribution in [3.63, 3.8) is 0 Å². The van der Waals surface area contributed by atoms with Crippen molar-refractivity contribution in [3.8, 4) is 0 Å². The third-order valence-electron chi connectivity index (χ3n) is 4.79. The van der Waals surface area contributed by atoms with E-state index in [9.17, 15) is 13.2 Å². The van der Waals surface area contributed by atoms with E-state index in [1.807, 2.05) is 23.1 Å². The fourth-order valence-electron chi connectivity index (χ4n) is 3.13. The summed E-state index contributed by atoms with van der Waals surface area (Å²) in [5.74, 6) is -0.145. The van der Waals surface area contributed by atoms with E-state index in [-0.39, 0.29) is 23.2 Å². The summed E-state index contributed by atoms with van der Waals surface area (Å²) in [6.07, 6.45) is 1.79. The molecule has 150 valence electrons. The van der Waals surface area contributed by atoms with Crippen LogP contribution in [0.15, 0.2) is 53.6 Å². The average Bonchev–Trinajstić information content (AvgIpc) is 2.73. The maximum absolute atomic E-state index is 12.7. The molecule has 3 rings (SSSR count). The first-order valence-electron chi connectivity index (χ1n) is 9.23. The second-order valence-corrected chi connectivity index (χ2v) is 8.83. The van der Waals surface area contributed by atoms with Crippen molar-refractivity contribution in [2.45, 2.75) is 11.4 Å². The summed E-state index contributed by atoms with van der Waals surface area (Å²) in [5.41, 5.74) is 1.52. The van der Waals surface area contributed by atoms with Gasteiger partial charge in [0.05, 0.1) is 22.9 Å². The number of piperazine rings is 1. The zero-order valence-corrected chi connectivity index (χ0v) is 16.8. The molecule has 0 aliphatic carbocycles. The van der Waals surface area contributed by atoms with Crippen LogP contribution in [-0.4, -0.2) is 74.8 Å². The molecule has 1 saturated heterocycles. The number of carbonyl (C=O) groups excluding carboxylic acids is 1. The molecule has 28 heavy (non-hydrogen) atoms. The van der Waals surface area contributed by atoms with Crippen molar-refractivity contribution in [2.24, 2.45) is 0 Å². The van der Waals surface area contributed by atoms with E-state index in [1.165, 1.54) is 19.2 Å². The number of nitrogens with zero attached hydrogens (tertiary/aromatic N) is 3. The maximum Gasteiger partial charge on any atom is 0.253 e. The largest absolute Gasteiger partial charge is 0.384 e. The van der Waals surface area contributed by atoms with Crippen LogP contribution in [0.1, 0.15) is 16.1 Å². The smallest absolute Gasteiger partial charge is 0.253 e. The quantitative estimate of drug-likeness (QED) is 0.696. The SMILES string of the molecule is COCCS(=O)(=O)c1ccc(C(=O)N2CCN(Cc3ccccn3)CC2)cc1. The Labute approximate surface area is 165 Å². The summed E-state index contributed by atoms with van der Waals surface area (Å²) in [6.45, 7) is 3.76. The molecule has 0 saturated carbocycles. The minimum atomic E-state index is -3.39. The summed E-state index contributed by atoms with van der Waals surface area (Å²) in [4.78, 5) is 21.4. The van der Waals surface area contributed by atoms with Crippen LogP contribution in [0.4, 0.5) is 0 Å². The molecule has 2 heterocycles. The van der Waals surface area contributed by atoms with Gasteiger partial charge in [-0.15, -0.1) is 0 Å². The predicted molar refractivity (Wildman–Crippen MR) is 106 cm³/mol. The number of rotatable bonds is 7. The first-order valence-corrected chi connectivity index (χ1v) is 10.9. The van der Waals surface area contributed by atoms with Crippen LogP contribution in [0.25, 0.3) is 0 Å². The second kappa shape index (κ2) is 9.27. The molecule has 1 aromatic heterocycles. The molecule has 1 aromatic carbocycles. The van der Waals surface area contributed by atoms with Crippen molar-refractivity contribution < 1.29 is 17.9 Å². The van der Waals surface area contributed by atoms with Crippen LogP contribution in [0.3, 0.4) is 0 Å². The average molecular weight is 404 g/mol. The van der Waals surface area contributed by atoms with Gasteiger partial charge >= 0.3 is 0 Å². The predicted octanol–water partition coefficient (Wildman–Crippen LogP) is 1.46. The number of amides is 1. The lowest BCUT2D eigenvalue weighted by Gasteiger charge is -2.34. The van der Waals surface area contributed by atoms with Gasteiger partial charge in [0.1, 0.15) is 0 Å². The van der Waals surface area contributed by atoms with Gasteiger partial charge in [0.2, 0.25) is 0 Å². The fourth-order valence-corrected chi connectivity index (χ4v) is 4.30. The number of carbonyl (C=O) groups is 1. The monoisotopic (exact) mass is 403 g/mol.